The Morgan fingerprint density at radius 2 is 2.27 bits per heavy atom. The maximum atomic E-state index is 11.8. The van der Waals surface area contributed by atoms with Crippen molar-refractivity contribution in [1.29, 1.82) is 0 Å². The zero-order chi connectivity index (χ0) is 15.9. The Kier molecular flexibility index (Phi) is 3.80. The lowest BCUT2D eigenvalue weighted by Crippen LogP contribution is -2.35. The number of aliphatic hydroxyl groups is 3. The highest BCUT2D eigenvalue weighted by molar-refractivity contribution is 5.70. The van der Waals surface area contributed by atoms with Gasteiger partial charge in [0.05, 0.1) is 12.9 Å². The number of rotatable bonds is 4. The summed E-state index contributed by atoms with van der Waals surface area (Å²) in [5.41, 5.74) is 5.19. The van der Waals surface area contributed by atoms with Crippen LogP contribution in [0.2, 0.25) is 0 Å². The average Bonchev–Trinajstić information content (AvgIpc) is 3.02. The Morgan fingerprint density at radius 3 is 2.95 bits per heavy atom. The quantitative estimate of drug-likeness (QED) is 0.376. The molecule has 0 aliphatic carbocycles. The van der Waals surface area contributed by atoms with Crippen LogP contribution in [0.5, 0.6) is 0 Å². The number of imidazole rings is 1. The number of nitrogen functional groups attached to an aromatic ring is 1. The van der Waals surface area contributed by atoms with E-state index in [0.717, 1.165) is 0 Å². The fourth-order valence-electron chi connectivity index (χ4n) is 2.49. The van der Waals surface area contributed by atoms with E-state index in [1.165, 1.54) is 10.9 Å². The number of fused-ring (bicyclic) bond motifs is 1. The summed E-state index contributed by atoms with van der Waals surface area (Å²) in [5, 5.41) is 28.2. The second kappa shape index (κ2) is 5.62. The zero-order valence-corrected chi connectivity index (χ0v) is 11.3. The highest BCUT2D eigenvalue weighted by Gasteiger charge is 2.45. The molecule has 0 radical (unpaired) electrons. The van der Waals surface area contributed by atoms with Gasteiger partial charge in [-0.15, -0.1) is 0 Å². The number of aromatic nitrogens is 4. The van der Waals surface area contributed by atoms with Crippen LogP contribution >= 0.6 is 0 Å². The number of nitrogens with one attached hydrogen (secondary N) is 1. The molecular weight excluding hydrogens is 298 g/mol. The molecule has 0 aromatic carbocycles. The van der Waals surface area contributed by atoms with Crippen molar-refractivity contribution in [2.24, 2.45) is 0 Å². The van der Waals surface area contributed by atoms with Crippen molar-refractivity contribution in [3.63, 3.8) is 0 Å². The van der Waals surface area contributed by atoms with Gasteiger partial charge in [-0.3, -0.25) is 14.3 Å². The van der Waals surface area contributed by atoms with Crippen LogP contribution in [-0.4, -0.2) is 66.6 Å². The van der Waals surface area contributed by atoms with Crippen LogP contribution < -0.4 is 11.3 Å². The van der Waals surface area contributed by atoms with Gasteiger partial charge in [-0.05, 0) is 0 Å². The maximum Gasteiger partial charge on any atom is 0.280 e. The van der Waals surface area contributed by atoms with Crippen molar-refractivity contribution in [1.82, 2.24) is 19.5 Å². The standard InChI is InChI=1S/C11H15N5O6/c12-11-14-8-5(9(20)15-11)13-2-16(8)10-7(21-3-18)6(19)4(1-17)22-10/h2,4,6-7,10,17-19H,1,3H2,(H3,12,14,15,20)/t4-,6+,7-,10-/m1/s1. The molecule has 2 aromatic heterocycles. The molecule has 22 heavy (non-hydrogen) atoms. The number of nitrogens with two attached hydrogens (primary N) is 1. The first-order valence-corrected chi connectivity index (χ1v) is 6.46. The van der Waals surface area contributed by atoms with Gasteiger partial charge >= 0.3 is 0 Å². The van der Waals surface area contributed by atoms with E-state index in [0.29, 0.717) is 0 Å². The van der Waals surface area contributed by atoms with E-state index in [9.17, 15) is 15.0 Å². The lowest BCUT2D eigenvalue weighted by atomic mass is 10.1. The average molecular weight is 313 g/mol. The molecule has 0 saturated carbocycles. The van der Waals surface area contributed by atoms with Gasteiger partial charge in [-0.2, -0.15) is 4.98 Å². The van der Waals surface area contributed by atoms with Gasteiger partial charge < -0.3 is 30.5 Å². The van der Waals surface area contributed by atoms with E-state index in [4.69, 9.17) is 20.3 Å². The summed E-state index contributed by atoms with van der Waals surface area (Å²) < 4.78 is 11.9. The number of nitrogens with zero attached hydrogens (tertiary/aromatic N) is 3. The van der Waals surface area contributed by atoms with Crippen molar-refractivity contribution in [3.05, 3.63) is 16.7 Å². The minimum atomic E-state index is -1.17. The zero-order valence-electron chi connectivity index (χ0n) is 11.3. The van der Waals surface area contributed by atoms with Crippen LogP contribution in [0, 0.1) is 0 Å². The maximum absolute atomic E-state index is 11.8. The van der Waals surface area contributed by atoms with Crippen LogP contribution in [0.3, 0.4) is 0 Å². The van der Waals surface area contributed by atoms with Crippen LogP contribution in [0.15, 0.2) is 11.1 Å². The number of aliphatic hydroxyl groups excluding tert-OH is 3. The second-order valence-corrected chi connectivity index (χ2v) is 4.77. The van der Waals surface area contributed by atoms with Crippen LogP contribution in [-0.2, 0) is 9.47 Å². The summed E-state index contributed by atoms with van der Waals surface area (Å²) in [6.07, 6.45) is -2.69. The molecule has 1 aliphatic rings. The molecule has 3 heterocycles. The number of hydrogen-bond acceptors (Lipinski definition) is 9. The third-order valence-corrected chi connectivity index (χ3v) is 3.48. The summed E-state index contributed by atoms with van der Waals surface area (Å²) in [5.74, 6) is -0.101. The number of aromatic amines is 1. The molecule has 2 aromatic rings. The van der Waals surface area contributed by atoms with Crippen LogP contribution in [0.25, 0.3) is 11.2 Å². The first-order chi connectivity index (χ1) is 10.6. The summed E-state index contributed by atoms with van der Waals surface area (Å²) in [7, 11) is 0. The Balaban J connectivity index is 2.07. The minimum absolute atomic E-state index is 0.0440. The molecule has 3 rings (SSSR count). The van der Waals surface area contributed by atoms with Crippen molar-refractivity contribution in [2.45, 2.75) is 24.5 Å². The van der Waals surface area contributed by atoms with Crippen molar-refractivity contribution in [3.8, 4) is 0 Å². The predicted octanol–water partition coefficient (Wildman–Crippen LogP) is -2.71. The summed E-state index contributed by atoms with van der Waals surface area (Å²) >= 11 is 0. The summed E-state index contributed by atoms with van der Waals surface area (Å²) in [6, 6.07) is 0. The third-order valence-electron chi connectivity index (χ3n) is 3.48. The molecule has 1 saturated heterocycles. The molecule has 1 aliphatic heterocycles. The molecule has 0 amide bonds. The van der Waals surface area contributed by atoms with Crippen molar-refractivity contribution < 1.29 is 24.8 Å². The van der Waals surface area contributed by atoms with Gasteiger partial charge in [0.15, 0.2) is 17.4 Å². The molecular formula is C11H15N5O6. The van der Waals surface area contributed by atoms with Crippen LogP contribution in [0.4, 0.5) is 5.95 Å². The molecule has 6 N–H and O–H groups in total. The molecule has 1 fully saturated rings. The van der Waals surface area contributed by atoms with Gasteiger partial charge in [-0.1, -0.05) is 0 Å². The van der Waals surface area contributed by atoms with Crippen molar-refractivity contribution in [2.75, 3.05) is 19.1 Å². The van der Waals surface area contributed by atoms with Crippen LogP contribution in [0.1, 0.15) is 6.23 Å². The first kappa shape index (κ1) is 14.9. The summed E-state index contributed by atoms with van der Waals surface area (Å²) in [4.78, 5) is 22.0. The van der Waals surface area contributed by atoms with Gasteiger partial charge in [-0.25, -0.2) is 4.98 Å². The van der Waals surface area contributed by atoms with E-state index in [2.05, 4.69) is 15.0 Å². The van der Waals surface area contributed by atoms with E-state index in [1.807, 2.05) is 0 Å². The van der Waals surface area contributed by atoms with E-state index >= 15 is 0 Å². The number of H-pyrrole nitrogens is 1. The molecule has 120 valence electrons. The van der Waals surface area contributed by atoms with Crippen molar-refractivity contribution >= 4 is 17.1 Å². The SMILES string of the molecule is Nc1nc2c(ncn2[C@@H]2O[C@H](CO)[C@H](O)[C@H]2OCO)c(=O)[nH]1. The number of anilines is 1. The monoisotopic (exact) mass is 313 g/mol. The largest absolute Gasteiger partial charge is 0.394 e. The Morgan fingerprint density at radius 1 is 1.50 bits per heavy atom. The molecule has 11 heteroatoms. The fourth-order valence-corrected chi connectivity index (χ4v) is 2.49. The lowest BCUT2D eigenvalue weighted by Gasteiger charge is -2.20. The molecule has 11 nitrogen and oxygen atoms in total. The topological polar surface area (TPSA) is 169 Å². The first-order valence-electron chi connectivity index (χ1n) is 6.46. The Bertz CT molecular complexity index is 729. The third kappa shape index (κ3) is 2.24. The second-order valence-electron chi connectivity index (χ2n) is 4.77. The van der Waals surface area contributed by atoms with Gasteiger partial charge in [0.1, 0.15) is 25.1 Å². The highest BCUT2D eigenvalue weighted by atomic mass is 16.6. The normalized spacial score (nSPS) is 28.5. The van der Waals surface area contributed by atoms with Gasteiger partial charge in [0.2, 0.25) is 5.95 Å². The Labute approximate surface area is 122 Å². The molecule has 0 spiro atoms. The highest BCUT2D eigenvalue weighted by Crippen LogP contribution is 2.32. The molecule has 4 atom stereocenters. The van der Waals surface area contributed by atoms with Gasteiger partial charge in [0, 0.05) is 0 Å². The van der Waals surface area contributed by atoms with E-state index < -0.39 is 43.5 Å². The number of hydrogen-bond donors (Lipinski definition) is 5. The van der Waals surface area contributed by atoms with Gasteiger partial charge in [0.25, 0.3) is 5.56 Å². The number of ether oxygens (including phenoxy) is 2. The molecule has 0 bridgehead atoms. The lowest BCUT2D eigenvalue weighted by molar-refractivity contribution is -0.116. The minimum Gasteiger partial charge on any atom is -0.394 e. The molecule has 0 unspecified atom stereocenters. The smallest absolute Gasteiger partial charge is 0.280 e. The van der Waals surface area contributed by atoms with E-state index in [1.54, 1.807) is 0 Å². The predicted molar refractivity (Wildman–Crippen MR) is 71.5 cm³/mol. The van der Waals surface area contributed by atoms with E-state index in [-0.39, 0.29) is 17.1 Å². The Hall–Kier alpha value is -2.05. The fraction of sp³-hybridized carbons (Fsp3) is 0.545. The summed E-state index contributed by atoms with van der Waals surface area (Å²) in [6.45, 7) is -1.09.